The van der Waals surface area contributed by atoms with Crippen molar-refractivity contribution >= 4 is 83.7 Å². The molecule has 0 bridgehead atoms. The summed E-state index contributed by atoms with van der Waals surface area (Å²) in [6, 6.07) is 9.94. The SMILES string of the molecule is Cc1ccc(S(=O)(=O)NC(=O)c2cc(I)cc(I)c2I)cc1. The van der Waals surface area contributed by atoms with Gasteiger partial charge >= 0.3 is 0 Å². The van der Waals surface area contributed by atoms with Gasteiger partial charge in [0.15, 0.2) is 0 Å². The molecular weight excluding hydrogens is 643 g/mol. The van der Waals surface area contributed by atoms with Gasteiger partial charge in [-0.3, -0.25) is 4.79 Å². The van der Waals surface area contributed by atoms with Crippen LogP contribution in [0.1, 0.15) is 15.9 Å². The molecule has 2 aromatic carbocycles. The monoisotopic (exact) mass is 653 g/mol. The Balaban J connectivity index is 2.34. The first kappa shape index (κ1) is 18.4. The Labute approximate surface area is 169 Å². The van der Waals surface area contributed by atoms with Gasteiger partial charge in [0, 0.05) is 10.7 Å². The Morgan fingerprint density at radius 1 is 1.05 bits per heavy atom. The van der Waals surface area contributed by atoms with Gasteiger partial charge in [-0.15, -0.1) is 0 Å². The van der Waals surface area contributed by atoms with E-state index in [-0.39, 0.29) is 4.90 Å². The lowest BCUT2D eigenvalue weighted by Crippen LogP contribution is -2.31. The maximum atomic E-state index is 12.3. The lowest BCUT2D eigenvalue weighted by atomic mass is 10.2. The molecule has 0 saturated carbocycles. The molecule has 2 rings (SSSR count). The van der Waals surface area contributed by atoms with Gasteiger partial charge in [0.05, 0.1) is 10.5 Å². The van der Waals surface area contributed by atoms with Gasteiger partial charge in [0.25, 0.3) is 15.9 Å². The Morgan fingerprint density at radius 3 is 2.23 bits per heavy atom. The Hall–Kier alpha value is 0.0500. The van der Waals surface area contributed by atoms with Crippen LogP contribution in [0.3, 0.4) is 0 Å². The highest BCUT2D eigenvalue weighted by molar-refractivity contribution is 14.1. The van der Waals surface area contributed by atoms with E-state index >= 15 is 0 Å². The smallest absolute Gasteiger partial charge is 0.266 e. The van der Waals surface area contributed by atoms with Crippen LogP contribution in [0.4, 0.5) is 0 Å². The molecule has 0 aliphatic rings. The van der Waals surface area contributed by atoms with Crippen molar-refractivity contribution in [2.45, 2.75) is 11.8 Å². The van der Waals surface area contributed by atoms with Crippen LogP contribution in [0.25, 0.3) is 0 Å². The van der Waals surface area contributed by atoms with Crippen LogP contribution >= 0.6 is 67.8 Å². The summed E-state index contributed by atoms with van der Waals surface area (Å²) >= 11 is 6.26. The molecule has 0 radical (unpaired) electrons. The lowest BCUT2D eigenvalue weighted by Gasteiger charge is -2.10. The number of carbonyl (C=O) groups excluding carboxylic acids is 1. The van der Waals surface area contributed by atoms with Crippen molar-refractivity contribution in [2.75, 3.05) is 0 Å². The summed E-state index contributed by atoms with van der Waals surface area (Å²) in [6.07, 6.45) is 0. The summed E-state index contributed by atoms with van der Waals surface area (Å²) in [5.74, 6) is -0.624. The Kier molecular flexibility index (Phi) is 6.10. The number of rotatable bonds is 3. The van der Waals surface area contributed by atoms with Gasteiger partial charge in [0.2, 0.25) is 0 Å². The van der Waals surface area contributed by atoms with E-state index in [2.05, 4.69) is 49.9 Å². The Morgan fingerprint density at radius 2 is 1.64 bits per heavy atom. The average molecular weight is 653 g/mol. The second-order valence-corrected chi connectivity index (χ2v) is 9.67. The molecule has 0 atom stereocenters. The topological polar surface area (TPSA) is 63.2 Å². The maximum absolute atomic E-state index is 12.3. The summed E-state index contributed by atoms with van der Waals surface area (Å²) in [7, 11) is -3.87. The molecule has 1 amide bonds. The fourth-order valence-corrected chi connectivity index (χ4v) is 5.04. The third kappa shape index (κ3) is 4.32. The number of benzene rings is 2. The number of aryl methyl sites for hydroxylation is 1. The van der Waals surface area contributed by atoms with Gasteiger partial charge in [-0.05, 0) is 99.0 Å². The van der Waals surface area contributed by atoms with Gasteiger partial charge in [0.1, 0.15) is 0 Å². The summed E-state index contributed by atoms with van der Waals surface area (Å²) in [5, 5.41) is 0. The number of nitrogens with one attached hydrogen (secondary N) is 1. The van der Waals surface area contributed by atoms with Crippen LogP contribution in [-0.4, -0.2) is 14.3 Å². The molecule has 22 heavy (non-hydrogen) atoms. The summed E-state index contributed by atoms with van der Waals surface area (Å²) in [5.41, 5.74) is 1.31. The predicted octanol–water partition coefficient (Wildman–Crippen LogP) is 3.93. The summed E-state index contributed by atoms with van der Waals surface area (Å²) in [4.78, 5) is 12.4. The zero-order valence-corrected chi connectivity index (χ0v) is 18.5. The molecule has 2 aromatic rings. The van der Waals surface area contributed by atoms with Crippen molar-refractivity contribution in [2.24, 2.45) is 0 Å². The standard InChI is InChI=1S/C14H10I3NO3S/c1-8-2-4-10(5-3-8)22(20,21)18-14(19)11-6-9(15)7-12(16)13(11)17/h2-7H,1H3,(H,18,19). The lowest BCUT2D eigenvalue weighted by molar-refractivity contribution is 0.0980. The molecule has 8 heteroatoms. The van der Waals surface area contributed by atoms with Gasteiger partial charge in [-0.2, -0.15) is 0 Å². The van der Waals surface area contributed by atoms with E-state index in [1.807, 2.05) is 35.6 Å². The molecule has 4 nitrogen and oxygen atoms in total. The number of sulfonamides is 1. The molecule has 0 heterocycles. The van der Waals surface area contributed by atoms with E-state index < -0.39 is 15.9 Å². The van der Waals surface area contributed by atoms with Crippen LogP contribution < -0.4 is 4.72 Å². The molecule has 1 N–H and O–H groups in total. The van der Waals surface area contributed by atoms with Gasteiger partial charge < -0.3 is 0 Å². The van der Waals surface area contributed by atoms with E-state index in [9.17, 15) is 13.2 Å². The molecule has 0 aromatic heterocycles. The fraction of sp³-hybridized carbons (Fsp3) is 0.0714. The molecule has 0 fully saturated rings. The molecule has 0 spiro atoms. The van der Waals surface area contributed by atoms with E-state index in [1.165, 1.54) is 12.1 Å². The minimum Gasteiger partial charge on any atom is -0.268 e. The van der Waals surface area contributed by atoms with Gasteiger partial charge in [-0.25, -0.2) is 13.1 Å². The number of carbonyl (C=O) groups is 1. The highest BCUT2D eigenvalue weighted by Crippen LogP contribution is 2.23. The zero-order valence-electron chi connectivity index (χ0n) is 11.2. The van der Waals surface area contributed by atoms with Crippen molar-refractivity contribution in [3.05, 3.63) is 58.2 Å². The number of amides is 1. The van der Waals surface area contributed by atoms with Crippen LogP contribution in [0, 0.1) is 17.6 Å². The molecule has 0 unspecified atom stereocenters. The predicted molar refractivity (Wildman–Crippen MR) is 110 cm³/mol. The first-order chi connectivity index (χ1) is 10.2. The third-order valence-electron chi connectivity index (χ3n) is 2.80. The second-order valence-electron chi connectivity index (χ2n) is 4.50. The largest absolute Gasteiger partial charge is 0.268 e. The number of hydrogen-bond donors (Lipinski definition) is 1. The first-order valence-electron chi connectivity index (χ1n) is 5.99. The highest BCUT2D eigenvalue weighted by atomic mass is 127. The van der Waals surface area contributed by atoms with Crippen LogP contribution in [-0.2, 0) is 10.0 Å². The van der Waals surface area contributed by atoms with Crippen molar-refractivity contribution in [1.82, 2.24) is 4.72 Å². The van der Waals surface area contributed by atoms with E-state index in [0.717, 1.165) is 16.3 Å². The minimum atomic E-state index is -3.87. The number of halogens is 3. The van der Waals surface area contributed by atoms with Crippen LogP contribution in [0.2, 0.25) is 0 Å². The third-order valence-corrected chi connectivity index (χ3v) is 7.81. The average Bonchev–Trinajstić information content (AvgIpc) is 2.42. The van der Waals surface area contributed by atoms with Crippen molar-refractivity contribution in [1.29, 1.82) is 0 Å². The summed E-state index contributed by atoms with van der Waals surface area (Å²) in [6.45, 7) is 1.87. The van der Waals surface area contributed by atoms with Crippen molar-refractivity contribution in [3.63, 3.8) is 0 Å². The molecule has 116 valence electrons. The van der Waals surface area contributed by atoms with E-state index in [0.29, 0.717) is 5.56 Å². The number of hydrogen-bond acceptors (Lipinski definition) is 3. The highest BCUT2D eigenvalue weighted by Gasteiger charge is 2.21. The first-order valence-corrected chi connectivity index (χ1v) is 10.7. The van der Waals surface area contributed by atoms with E-state index in [4.69, 9.17) is 0 Å². The maximum Gasteiger partial charge on any atom is 0.266 e. The molecule has 0 saturated heterocycles. The van der Waals surface area contributed by atoms with E-state index in [1.54, 1.807) is 18.2 Å². The zero-order chi connectivity index (χ0) is 16.5. The summed E-state index contributed by atoms with van der Waals surface area (Å²) < 4.78 is 29.2. The van der Waals surface area contributed by atoms with Crippen LogP contribution in [0.5, 0.6) is 0 Å². The molecule has 0 aliphatic carbocycles. The minimum absolute atomic E-state index is 0.0711. The fourth-order valence-electron chi connectivity index (χ4n) is 1.67. The Bertz CT molecular complexity index is 833. The normalized spacial score (nSPS) is 11.3. The van der Waals surface area contributed by atoms with Gasteiger partial charge in [-0.1, -0.05) is 17.7 Å². The quantitative estimate of drug-likeness (QED) is 0.404. The molecular formula is C14H10I3NO3S. The van der Waals surface area contributed by atoms with Crippen LogP contribution in [0.15, 0.2) is 41.3 Å². The van der Waals surface area contributed by atoms with Crippen molar-refractivity contribution < 1.29 is 13.2 Å². The second kappa shape index (κ2) is 7.30. The van der Waals surface area contributed by atoms with Crippen molar-refractivity contribution in [3.8, 4) is 0 Å². The molecule has 0 aliphatic heterocycles.